The average Bonchev–Trinajstić information content (AvgIpc) is 2.59. The molecule has 0 fully saturated rings. The van der Waals surface area contributed by atoms with Gasteiger partial charge < -0.3 is 9.47 Å². The molecule has 140 valence electrons. The van der Waals surface area contributed by atoms with E-state index in [1.54, 1.807) is 12.1 Å². The molecule has 0 heterocycles. The van der Waals surface area contributed by atoms with Crippen molar-refractivity contribution in [2.45, 2.75) is 59.3 Å². The van der Waals surface area contributed by atoms with Crippen molar-refractivity contribution in [3.05, 3.63) is 23.8 Å². The summed E-state index contributed by atoms with van der Waals surface area (Å²) in [5.41, 5.74) is 1.84. The second-order valence-electron chi connectivity index (χ2n) is 5.93. The van der Waals surface area contributed by atoms with Crippen LogP contribution in [0.2, 0.25) is 0 Å². The topological polar surface area (TPSA) is 76.7 Å². The Balaban J connectivity index is 2.58. The summed E-state index contributed by atoms with van der Waals surface area (Å²) in [5, 5.41) is 5.38. The number of carbonyl (C=O) groups excluding carboxylic acids is 2. The van der Waals surface area contributed by atoms with E-state index in [1.807, 2.05) is 13.0 Å². The number of aryl methyl sites for hydroxylation is 1. The first kappa shape index (κ1) is 20.8. The summed E-state index contributed by atoms with van der Waals surface area (Å²) in [7, 11) is 0. The van der Waals surface area contributed by atoms with Crippen LogP contribution in [0, 0.1) is 6.92 Å². The first-order valence-corrected chi connectivity index (χ1v) is 9.05. The fourth-order valence-corrected chi connectivity index (χ4v) is 2.26. The lowest BCUT2D eigenvalue weighted by Crippen LogP contribution is -2.19. The fourth-order valence-electron chi connectivity index (χ4n) is 2.26. The largest absolute Gasteiger partial charge is 0.449 e. The number of benzene rings is 1. The molecule has 0 saturated heterocycles. The number of para-hydroxylation sites is 1. The average molecular weight is 350 g/mol. The van der Waals surface area contributed by atoms with Gasteiger partial charge in [-0.1, -0.05) is 51.7 Å². The lowest BCUT2D eigenvalue weighted by molar-refractivity contribution is 0.158. The monoisotopic (exact) mass is 350 g/mol. The molecule has 0 radical (unpaired) electrons. The van der Waals surface area contributed by atoms with Crippen molar-refractivity contribution < 1.29 is 19.1 Å². The van der Waals surface area contributed by atoms with Crippen LogP contribution in [0.15, 0.2) is 18.2 Å². The van der Waals surface area contributed by atoms with E-state index in [0.717, 1.165) is 44.1 Å². The molecule has 1 aromatic rings. The second-order valence-corrected chi connectivity index (χ2v) is 5.93. The summed E-state index contributed by atoms with van der Waals surface area (Å²) in [5.74, 6) is 0. The maximum atomic E-state index is 11.9. The highest BCUT2D eigenvalue weighted by atomic mass is 16.6. The van der Waals surface area contributed by atoms with Crippen molar-refractivity contribution in [1.82, 2.24) is 0 Å². The number of amides is 2. The van der Waals surface area contributed by atoms with Crippen molar-refractivity contribution in [3.8, 4) is 0 Å². The van der Waals surface area contributed by atoms with Gasteiger partial charge in [-0.25, -0.2) is 9.59 Å². The Hall–Kier alpha value is -2.24. The van der Waals surface area contributed by atoms with E-state index in [0.29, 0.717) is 24.6 Å². The van der Waals surface area contributed by atoms with Gasteiger partial charge in [0.25, 0.3) is 0 Å². The molecule has 1 rings (SSSR count). The van der Waals surface area contributed by atoms with Gasteiger partial charge in [-0.2, -0.15) is 0 Å². The molecular formula is C19H30N2O4. The molecule has 6 heteroatoms. The SMILES string of the molecule is CCCCCOC(=O)Nc1cccc(C)c1NC(=O)OCCCCC. The number of hydrogen-bond acceptors (Lipinski definition) is 4. The summed E-state index contributed by atoms with van der Waals surface area (Å²) >= 11 is 0. The Labute approximate surface area is 150 Å². The highest BCUT2D eigenvalue weighted by molar-refractivity contribution is 5.96. The highest BCUT2D eigenvalue weighted by Crippen LogP contribution is 2.26. The van der Waals surface area contributed by atoms with Crippen LogP contribution in [0.3, 0.4) is 0 Å². The Bertz CT molecular complexity index is 546. The predicted octanol–water partition coefficient (Wildman–Crippen LogP) is 5.47. The Morgan fingerprint density at radius 2 is 1.44 bits per heavy atom. The van der Waals surface area contributed by atoms with Crippen molar-refractivity contribution in [2.24, 2.45) is 0 Å². The summed E-state index contributed by atoms with van der Waals surface area (Å²) in [4.78, 5) is 23.8. The van der Waals surface area contributed by atoms with E-state index in [1.165, 1.54) is 0 Å². The summed E-state index contributed by atoms with van der Waals surface area (Å²) in [6, 6.07) is 5.37. The maximum absolute atomic E-state index is 11.9. The standard InChI is InChI=1S/C19H30N2O4/c1-4-6-8-13-24-18(22)20-16-12-10-11-15(3)17(16)21-19(23)25-14-9-7-5-2/h10-12H,4-9,13-14H2,1-3H3,(H,20,22)(H,21,23). The summed E-state index contributed by atoms with van der Waals surface area (Å²) < 4.78 is 10.3. The van der Waals surface area contributed by atoms with E-state index < -0.39 is 12.2 Å². The minimum absolute atomic E-state index is 0.383. The van der Waals surface area contributed by atoms with Gasteiger partial charge in [-0.3, -0.25) is 10.6 Å². The Morgan fingerprint density at radius 3 is 2.00 bits per heavy atom. The number of carbonyl (C=O) groups is 2. The second kappa shape index (κ2) is 12.2. The minimum atomic E-state index is -0.527. The molecule has 2 N–H and O–H groups in total. The fraction of sp³-hybridized carbons (Fsp3) is 0.579. The van der Waals surface area contributed by atoms with E-state index >= 15 is 0 Å². The predicted molar refractivity (Wildman–Crippen MR) is 100 cm³/mol. The third-order valence-electron chi connectivity index (χ3n) is 3.70. The number of anilines is 2. The minimum Gasteiger partial charge on any atom is -0.449 e. The first-order valence-electron chi connectivity index (χ1n) is 9.05. The van der Waals surface area contributed by atoms with Gasteiger partial charge >= 0.3 is 12.2 Å². The molecule has 0 saturated carbocycles. The smallest absolute Gasteiger partial charge is 0.411 e. The third-order valence-corrected chi connectivity index (χ3v) is 3.70. The summed E-state index contributed by atoms with van der Waals surface area (Å²) in [6.45, 7) is 6.80. The molecule has 1 aromatic carbocycles. The molecule has 0 bridgehead atoms. The zero-order valence-electron chi connectivity index (χ0n) is 15.5. The van der Waals surface area contributed by atoms with Crippen molar-refractivity contribution in [2.75, 3.05) is 23.8 Å². The Kier molecular flexibility index (Phi) is 10.1. The van der Waals surface area contributed by atoms with Crippen molar-refractivity contribution >= 4 is 23.6 Å². The highest BCUT2D eigenvalue weighted by Gasteiger charge is 2.13. The van der Waals surface area contributed by atoms with Crippen LogP contribution in [0.1, 0.15) is 57.9 Å². The molecule has 25 heavy (non-hydrogen) atoms. The van der Waals surface area contributed by atoms with Gasteiger partial charge in [0.1, 0.15) is 0 Å². The molecular weight excluding hydrogens is 320 g/mol. The van der Waals surface area contributed by atoms with E-state index in [-0.39, 0.29) is 0 Å². The van der Waals surface area contributed by atoms with Crippen LogP contribution in [0.4, 0.5) is 21.0 Å². The quantitative estimate of drug-likeness (QED) is 0.548. The zero-order valence-corrected chi connectivity index (χ0v) is 15.5. The molecule has 0 unspecified atom stereocenters. The molecule has 0 atom stereocenters. The number of nitrogens with one attached hydrogen (secondary N) is 2. The maximum Gasteiger partial charge on any atom is 0.411 e. The van der Waals surface area contributed by atoms with Crippen LogP contribution < -0.4 is 10.6 Å². The van der Waals surface area contributed by atoms with Gasteiger partial charge in [0.15, 0.2) is 0 Å². The summed E-state index contributed by atoms with van der Waals surface area (Å²) in [6.07, 6.45) is 4.81. The first-order chi connectivity index (χ1) is 12.1. The van der Waals surface area contributed by atoms with E-state index in [2.05, 4.69) is 24.5 Å². The van der Waals surface area contributed by atoms with Crippen LogP contribution in [-0.4, -0.2) is 25.4 Å². The molecule has 0 aromatic heterocycles. The van der Waals surface area contributed by atoms with Gasteiger partial charge in [-0.15, -0.1) is 0 Å². The zero-order chi connectivity index (χ0) is 18.5. The Morgan fingerprint density at radius 1 is 0.880 bits per heavy atom. The molecule has 0 spiro atoms. The van der Waals surface area contributed by atoms with Gasteiger partial charge in [0.05, 0.1) is 24.6 Å². The lowest BCUT2D eigenvalue weighted by Gasteiger charge is -2.15. The number of rotatable bonds is 10. The van der Waals surface area contributed by atoms with Crippen LogP contribution >= 0.6 is 0 Å². The van der Waals surface area contributed by atoms with Crippen molar-refractivity contribution in [1.29, 1.82) is 0 Å². The normalized spacial score (nSPS) is 10.2. The van der Waals surface area contributed by atoms with E-state index in [9.17, 15) is 9.59 Å². The van der Waals surface area contributed by atoms with Crippen LogP contribution in [-0.2, 0) is 9.47 Å². The van der Waals surface area contributed by atoms with Crippen LogP contribution in [0.5, 0.6) is 0 Å². The lowest BCUT2D eigenvalue weighted by atomic mass is 10.1. The van der Waals surface area contributed by atoms with Gasteiger partial charge in [0.2, 0.25) is 0 Å². The molecule has 0 aliphatic rings. The molecule has 0 aliphatic heterocycles. The van der Waals surface area contributed by atoms with E-state index in [4.69, 9.17) is 9.47 Å². The number of hydrogen-bond donors (Lipinski definition) is 2. The third kappa shape index (κ3) is 8.42. The molecule has 0 aliphatic carbocycles. The van der Waals surface area contributed by atoms with Crippen LogP contribution in [0.25, 0.3) is 0 Å². The number of ether oxygens (including phenoxy) is 2. The van der Waals surface area contributed by atoms with Gasteiger partial charge in [0, 0.05) is 0 Å². The molecule has 6 nitrogen and oxygen atoms in total. The van der Waals surface area contributed by atoms with Gasteiger partial charge in [-0.05, 0) is 31.4 Å². The van der Waals surface area contributed by atoms with Crippen molar-refractivity contribution in [3.63, 3.8) is 0 Å². The molecule has 2 amide bonds. The number of unbranched alkanes of at least 4 members (excludes halogenated alkanes) is 4.